The quantitative estimate of drug-likeness (QED) is 0.828. The summed E-state index contributed by atoms with van der Waals surface area (Å²) in [5.41, 5.74) is 4.71. The first-order valence-corrected chi connectivity index (χ1v) is 7.72. The maximum atomic E-state index is 12.9. The summed E-state index contributed by atoms with van der Waals surface area (Å²) in [6, 6.07) is 12.9. The van der Waals surface area contributed by atoms with Gasteiger partial charge in [-0.3, -0.25) is 0 Å². The van der Waals surface area contributed by atoms with Crippen molar-refractivity contribution in [1.29, 1.82) is 0 Å². The van der Waals surface area contributed by atoms with E-state index in [-0.39, 0.29) is 11.9 Å². The van der Waals surface area contributed by atoms with Crippen LogP contribution in [0, 0.1) is 19.7 Å². The summed E-state index contributed by atoms with van der Waals surface area (Å²) < 4.78 is 12.9. The molecule has 2 N–H and O–H groups in total. The largest absolute Gasteiger partial charge is 0.359 e. The van der Waals surface area contributed by atoms with Gasteiger partial charge in [-0.15, -0.1) is 0 Å². The Morgan fingerprint density at radius 1 is 1.14 bits per heavy atom. The van der Waals surface area contributed by atoms with Gasteiger partial charge < -0.3 is 10.6 Å². The molecule has 2 aromatic rings. The molecule has 2 rings (SSSR count). The van der Waals surface area contributed by atoms with E-state index in [0.717, 1.165) is 5.56 Å². The van der Waals surface area contributed by atoms with Crippen molar-refractivity contribution < 1.29 is 4.39 Å². The molecule has 116 valence electrons. The molecule has 0 spiro atoms. The molecule has 0 aliphatic rings. The Labute approximate surface area is 136 Å². The van der Waals surface area contributed by atoms with E-state index in [1.54, 1.807) is 12.1 Å². The zero-order valence-corrected chi connectivity index (χ0v) is 13.9. The van der Waals surface area contributed by atoms with Gasteiger partial charge in [-0.25, -0.2) is 4.39 Å². The zero-order chi connectivity index (χ0) is 16.1. The highest BCUT2D eigenvalue weighted by atomic mass is 32.1. The Morgan fingerprint density at radius 2 is 1.82 bits per heavy atom. The highest BCUT2D eigenvalue weighted by molar-refractivity contribution is 7.80. The molecule has 0 radical (unpaired) electrons. The number of benzene rings is 2. The Hall–Kier alpha value is -1.94. The molecule has 2 nitrogen and oxygen atoms in total. The zero-order valence-electron chi connectivity index (χ0n) is 13.1. The normalized spacial score (nSPS) is 11.8. The van der Waals surface area contributed by atoms with Gasteiger partial charge in [0.05, 0.1) is 6.04 Å². The first-order chi connectivity index (χ1) is 10.5. The molecule has 0 saturated heterocycles. The Morgan fingerprint density at radius 3 is 2.50 bits per heavy atom. The molecular weight excluding hydrogens is 295 g/mol. The molecule has 2 aromatic carbocycles. The van der Waals surface area contributed by atoms with Crippen LogP contribution in [0.15, 0.2) is 42.5 Å². The third kappa shape index (κ3) is 4.53. The fraction of sp³-hybridized carbons (Fsp3) is 0.278. The Bertz CT molecular complexity index is 653. The maximum absolute atomic E-state index is 12.9. The van der Waals surface area contributed by atoms with Crippen molar-refractivity contribution in [2.24, 2.45) is 0 Å². The topological polar surface area (TPSA) is 24.1 Å². The molecule has 1 atom stereocenters. The van der Waals surface area contributed by atoms with Crippen LogP contribution in [-0.4, -0.2) is 5.11 Å². The van der Waals surface area contributed by atoms with Crippen molar-refractivity contribution in [3.63, 3.8) is 0 Å². The van der Waals surface area contributed by atoms with Crippen LogP contribution in [0.5, 0.6) is 0 Å². The summed E-state index contributed by atoms with van der Waals surface area (Å²) in [7, 11) is 0. The average molecular weight is 316 g/mol. The molecule has 0 unspecified atom stereocenters. The minimum atomic E-state index is -0.229. The number of halogens is 1. The monoisotopic (exact) mass is 316 g/mol. The smallest absolute Gasteiger partial charge is 0.167 e. The second kappa shape index (κ2) is 7.36. The van der Waals surface area contributed by atoms with Crippen LogP contribution >= 0.6 is 12.2 Å². The van der Waals surface area contributed by atoms with Gasteiger partial charge in [0, 0.05) is 6.54 Å². The highest BCUT2D eigenvalue weighted by Gasteiger charge is 2.09. The van der Waals surface area contributed by atoms with Crippen LogP contribution in [-0.2, 0) is 6.54 Å². The molecule has 22 heavy (non-hydrogen) atoms. The highest BCUT2D eigenvalue weighted by Crippen LogP contribution is 2.18. The van der Waals surface area contributed by atoms with Crippen molar-refractivity contribution in [1.82, 2.24) is 10.6 Å². The SMILES string of the molecule is Cc1ccc(C)c([C@H](C)NC(=S)NCc2ccc(F)cc2)c1. The van der Waals surface area contributed by atoms with Crippen LogP contribution in [0.2, 0.25) is 0 Å². The fourth-order valence-electron chi connectivity index (χ4n) is 2.34. The molecule has 0 saturated carbocycles. The number of nitrogens with one attached hydrogen (secondary N) is 2. The predicted molar refractivity (Wildman–Crippen MR) is 93.3 cm³/mol. The first kappa shape index (κ1) is 16.4. The molecule has 0 bridgehead atoms. The average Bonchev–Trinajstić information content (AvgIpc) is 2.49. The second-order valence-electron chi connectivity index (χ2n) is 5.54. The second-order valence-corrected chi connectivity index (χ2v) is 5.94. The van der Waals surface area contributed by atoms with E-state index in [1.165, 1.54) is 28.8 Å². The molecule has 0 aromatic heterocycles. The maximum Gasteiger partial charge on any atom is 0.167 e. The van der Waals surface area contributed by atoms with Crippen LogP contribution in [0.4, 0.5) is 4.39 Å². The summed E-state index contributed by atoms with van der Waals surface area (Å²) >= 11 is 5.33. The van der Waals surface area contributed by atoms with Crippen molar-refractivity contribution in [2.45, 2.75) is 33.4 Å². The van der Waals surface area contributed by atoms with Gasteiger partial charge in [0.15, 0.2) is 5.11 Å². The van der Waals surface area contributed by atoms with Gasteiger partial charge in [-0.1, -0.05) is 35.9 Å². The molecule has 4 heteroatoms. The molecular formula is C18H21FN2S. The fourth-order valence-corrected chi connectivity index (χ4v) is 2.59. The van der Waals surface area contributed by atoms with Crippen LogP contribution in [0.3, 0.4) is 0 Å². The van der Waals surface area contributed by atoms with Gasteiger partial charge >= 0.3 is 0 Å². The molecule has 0 aliphatic heterocycles. The third-order valence-electron chi connectivity index (χ3n) is 3.62. The summed E-state index contributed by atoms with van der Waals surface area (Å²) in [4.78, 5) is 0. The van der Waals surface area contributed by atoms with Crippen molar-refractivity contribution >= 4 is 17.3 Å². The minimum absolute atomic E-state index is 0.133. The molecule has 0 heterocycles. The van der Waals surface area contributed by atoms with E-state index in [4.69, 9.17) is 12.2 Å². The van der Waals surface area contributed by atoms with Gasteiger partial charge in [-0.05, 0) is 61.8 Å². The van der Waals surface area contributed by atoms with E-state index >= 15 is 0 Å². The van der Waals surface area contributed by atoms with Gasteiger partial charge in [-0.2, -0.15) is 0 Å². The number of hydrogen-bond donors (Lipinski definition) is 2. The van der Waals surface area contributed by atoms with Crippen LogP contribution in [0.25, 0.3) is 0 Å². The minimum Gasteiger partial charge on any atom is -0.359 e. The van der Waals surface area contributed by atoms with E-state index in [0.29, 0.717) is 11.7 Å². The van der Waals surface area contributed by atoms with Crippen LogP contribution in [0.1, 0.15) is 35.2 Å². The molecule has 0 amide bonds. The number of thiocarbonyl (C=S) groups is 1. The van der Waals surface area contributed by atoms with E-state index in [2.05, 4.69) is 49.6 Å². The lowest BCUT2D eigenvalue weighted by Crippen LogP contribution is -2.36. The number of rotatable bonds is 4. The van der Waals surface area contributed by atoms with Gasteiger partial charge in [0.1, 0.15) is 5.82 Å². The Balaban J connectivity index is 1.91. The third-order valence-corrected chi connectivity index (χ3v) is 3.88. The summed E-state index contributed by atoms with van der Waals surface area (Å²) in [6.07, 6.45) is 0. The number of aryl methyl sites for hydroxylation is 2. The summed E-state index contributed by atoms with van der Waals surface area (Å²) in [6.45, 7) is 6.85. The number of hydrogen-bond acceptors (Lipinski definition) is 1. The lowest BCUT2D eigenvalue weighted by molar-refractivity contribution is 0.626. The lowest BCUT2D eigenvalue weighted by atomic mass is 10.0. The standard InChI is InChI=1S/C18H21FN2S/c1-12-4-5-13(2)17(10-12)14(3)21-18(22)20-11-15-6-8-16(19)9-7-15/h4-10,14H,11H2,1-3H3,(H2,20,21,22)/t14-/m0/s1. The van der Waals surface area contributed by atoms with Crippen LogP contribution < -0.4 is 10.6 Å². The van der Waals surface area contributed by atoms with E-state index in [1.807, 2.05) is 0 Å². The summed E-state index contributed by atoms with van der Waals surface area (Å²) in [5.74, 6) is -0.229. The summed E-state index contributed by atoms with van der Waals surface area (Å²) in [5, 5.41) is 7.04. The predicted octanol–water partition coefficient (Wildman–Crippen LogP) is 4.17. The lowest BCUT2D eigenvalue weighted by Gasteiger charge is -2.19. The van der Waals surface area contributed by atoms with E-state index < -0.39 is 0 Å². The first-order valence-electron chi connectivity index (χ1n) is 7.31. The molecule has 0 aliphatic carbocycles. The molecule has 0 fully saturated rings. The Kier molecular flexibility index (Phi) is 5.50. The van der Waals surface area contributed by atoms with Crippen molar-refractivity contribution in [3.8, 4) is 0 Å². The van der Waals surface area contributed by atoms with Gasteiger partial charge in [0.25, 0.3) is 0 Å². The van der Waals surface area contributed by atoms with Gasteiger partial charge in [0.2, 0.25) is 0 Å². The van der Waals surface area contributed by atoms with E-state index in [9.17, 15) is 4.39 Å². The van der Waals surface area contributed by atoms with Crippen molar-refractivity contribution in [2.75, 3.05) is 0 Å². The van der Waals surface area contributed by atoms with Crippen molar-refractivity contribution in [3.05, 3.63) is 70.5 Å².